The molecule has 0 radical (unpaired) electrons. The SMILES string of the molecule is Cc1ccc(Oc2nc(N)nc(C)c2[N+](=O)[O-])c(C)c1. The molecule has 0 aliphatic carbocycles. The van der Waals surface area contributed by atoms with Crippen LogP contribution in [0.5, 0.6) is 11.6 Å². The predicted molar refractivity (Wildman–Crippen MR) is 73.8 cm³/mol. The third-order valence-corrected chi connectivity index (χ3v) is 2.76. The fourth-order valence-electron chi connectivity index (χ4n) is 1.86. The number of hydrogen-bond donors (Lipinski definition) is 1. The number of hydrogen-bond acceptors (Lipinski definition) is 6. The molecule has 0 aliphatic heterocycles. The number of nitrogens with zero attached hydrogens (tertiary/aromatic N) is 3. The van der Waals surface area contributed by atoms with Gasteiger partial charge in [0.2, 0.25) is 5.95 Å². The number of benzene rings is 1. The molecule has 0 spiro atoms. The van der Waals surface area contributed by atoms with Gasteiger partial charge in [-0.3, -0.25) is 10.1 Å². The molecule has 1 heterocycles. The van der Waals surface area contributed by atoms with Gasteiger partial charge in [0.05, 0.1) is 4.92 Å². The van der Waals surface area contributed by atoms with Gasteiger partial charge < -0.3 is 10.5 Å². The van der Waals surface area contributed by atoms with Crippen molar-refractivity contribution in [1.82, 2.24) is 9.97 Å². The van der Waals surface area contributed by atoms with Gasteiger partial charge in [-0.2, -0.15) is 4.98 Å². The van der Waals surface area contributed by atoms with E-state index in [2.05, 4.69) is 9.97 Å². The maximum absolute atomic E-state index is 11.1. The van der Waals surface area contributed by atoms with Gasteiger partial charge in [-0.05, 0) is 32.4 Å². The lowest BCUT2D eigenvalue weighted by Gasteiger charge is -2.09. The molecule has 0 fully saturated rings. The molecule has 2 aromatic rings. The van der Waals surface area contributed by atoms with Gasteiger partial charge in [0.25, 0.3) is 0 Å². The molecule has 0 amide bonds. The minimum absolute atomic E-state index is 0.0622. The Balaban J connectivity index is 2.50. The highest BCUT2D eigenvalue weighted by Gasteiger charge is 2.24. The normalized spacial score (nSPS) is 10.3. The van der Waals surface area contributed by atoms with E-state index in [1.165, 1.54) is 6.92 Å². The van der Waals surface area contributed by atoms with Gasteiger partial charge in [-0.1, -0.05) is 17.7 Å². The molecule has 2 rings (SSSR count). The van der Waals surface area contributed by atoms with Crippen LogP contribution in [0, 0.1) is 30.9 Å². The first kappa shape index (κ1) is 13.7. The molecule has 1 aromatic carbocycles. The number of nitrogen functional groups attached to an aromatic ring is 1. The maximum atomic E-state index is 11.1. The van der Waals surface area contributed by atoms with E-state index < -0.39 is 4.92 Å². The van der Waals surface area contributed by atoms with Crippen LogP contribution in [0.25, 0.3) is 0 Å². The Bertz CT molecular complexity index is 686. The number of nitro groups is 1. The first-order valence-electron chi connectivity index (χ1n) is 5.92. The van der Waals surface area contributed by atoms with Crippen LogP contribution < -0.4 is 10.5 Å². The highest BCUT2D eigenvalue weighted by molar-refractivity contribution is 5.50. The summed E-state index contributed by atoms with van der Waals surface area (Å²) >= 11 is 0. The van der Waals surface area contributed by atoms with E-state index in [1.807, 2.05) is 26.0 Å². The molecule has 0 unspecified atom stereocenters. The topological polar surface area (TPSA) is 104 Å². The molecule has 2 N–H and O–H groups in total. The van der Waals surface area contributed by atoms with E-state index in [1.54, 1.807) is 6.07 Å². The van der Waals surface area contributed by atoms with Crippen LogP contribution in [0.2, 0.25) is 0 Å². The van der Waals surface area contributed by atoms with Crippen molar-refractivity contribution in [2.45, 2.75) is 20.8 Å². The third kappa shape index (κ3) is 2.66. The average Bonchev–Trinajstić information content (AvgIpc) is 2.31. The summed E-state index contributed by atoms with van der Waals surface area (Å²) in [6.45, 7) is 5.29. The smallest absolute Gasteiger partial charge is 0.352 e. The largest absolute Gasteiger partial charge is 0.433 e. The van der Waals surface area contributed by atoms with Crippen LogP contribution in [-0.2, 0) is 0 Å². The fourth-order valence-corrected chi connectivity index (χ4v) is 1.86. The Morgan fingerprint density at radius 3 is 2.55 bits per heavy atom. The lowest BCUT2D eigenvalue weighted by Crippen LogP contribution is -2.05. The molecule has 7 heteroatoms. The van der Waals surface area contributed by atoms with Gasteiger partial charge in [0, 0.05) is 0 Å². The number of aryl methyl sites for hydroxylation is 3. The first-order valence-corrected chi connectivity index (χ1v) is 5.92. The number of aromatic nitrogens is 2. The molecule has 0 saturated heterocycles. The van der Waals surface area contributed by atoms with Crippen molar-refractivity contribution in [3.8, 4) is 11.6 Å². The zero-order valence-corrected chi connectivity index (χ0v) is 11.4. The molecule has 7 nitrogen and oxygen atoms in total. The van der Waals surface area contributed by atoms with Gasteiger partial charge in [-0.25, -0.2) is 4.98 Å². The minimum Gasteiger partial charge on any atom is -0.433 e. The molecule has 0 saturated carbocycles. The number of ether oxygens (including phenoxy) is 1. The predicted octanol–water partition coefficient (Wildman–Crippen LogP) is 2.68. The Labute approximate surface area is 115 Å². The van der Waals surface area contributed by atoms with Crippen LogP contribution in [0.1, 0.15) is 16.8 Å². The zero-order chi connectivity index (χ0) is 14.9. The van der Waals surface area contributed by atoms with Crippen LogP contribution in [0.4, 0.5) is 11.6 Å². The van der Waals surface area contributed by atoms with Crippen molar-refractivity contribution in [1.29, 1.82) is 0 Å². The van der Waals surface area contributed by atoms with E-state index in [9.17, 15) is 10.1 Å². The van der Waals surface area contributed by atoms with Crippen molar-refractivity contribution in [2.75, 3.05) is 5.73 Å². The average molecular weight is 274 g/mol. The van der Waals surface area contributed by atoms with Crippen LogP contribution >= 0.6 is 0 Å². The lowest BCUT2D eigenvalue weighted by atomic mass is 10.1. The second kappa shape index (κ2) is 5.12. The molecule has 1 aromatic heterocycles. The van der Waals surface area contributed by atoms with E-state index in [0.717, 1.165) is 11.1 Å². The quantitative estimate of drug-likeness (QED) is 0.681. The van der Waals surface area contributed by atoms with Crippen LogP contribution in [0.3, 0.4) is 0 Å². The van der Waals surface area contributed by atoms with E-state index in [-0.39, 0.29) is 23.2 Å². The number of nitrogens with two attached hydrogens (primary N) is 1. The van der Waals surface area contributed by atoms with Gasteiger partial charge in [0.1, 0.15) is 11.4 Å². The second-order valence-corrected chi connectivity index (χ2v) is 4.45. The number of rotatable bonds is 3. The summed E-state index contributed by atoms with van der Waals surface area (Å²) in [6.07, 6.45) is 0. The Morgan fingerprint density at radius 1 is 1.25 bits per heavy atom. The lowest BCUT2D eigenvalue weighted by molar-refractivity contribution is -0.386. The van der Waals surface area contributed by atoms with Crippen molar-refractivity contribution in [3.05, 3.63) is 45.1 Å². The fraction of sp³-hybridized carbons (Fsp3) is 0.231. The number of anilines is 1. The Hall–Kier alpha value is -2.70. The molecule has 0 bridgehead atoms. The maximum Gasteiger partial charge on any atom is 0.352 e. The Morgan fingerprint density at radius 2 is 1.95 bits per heavy atom. The summed E-state index contributed by atoms with van der Waals surface area (Å²) in [4.78, 5) is 18.1. The van der Waals surface area contributed by atoms with Crippen molar-refractivity contribution < 1.29 is 9.66 Å². The summed E-state index contributed by atoms with van der Waals surface area (Å²) in [5.74, 6) is 0.288. The molecule has 20 heavy (non-hydrogen) atoms. The van der Waals surface area contributed by atoms with Crippen LogP contribution in [0.15, 0.2) is 18.2 Å². The first-order chi connectivity index (χ1) is 9.38. The molecular weight excluding hydrogens is 260 g/mol. The van der Waals surface area contributed by atoms with E-state index in [0.29, 0.717) is 5.75 Å². The summed E-state index contributed by atoms with van der Waals surface area (Å²) < 4.78 is 5.55. The summed E-state index contributed by atoms with van der Waals surface area (Å²) in [5, 5.41) is 11.1. The van der Waals surface area contributed by atoms with Crippen molar-refractivity contribution in [2.24, 2.45) is 0 Å². The van der Waals surface area contributed by atoms with Crippen molar-refractivity contribution >= 4 is 11.6 Å². The minimum atomic E-state index is -0.576. The highest BCUT2D eigenvalue weighted by atomic mass is 16.6. The van der Waals surface area contributed by atoms with E-state index in [4.69, 9.17) is 10.5 Å². The molecule has 104 valence electrons. The summed E-state index contributed by atoms with van der Waals surface area (Å²) in [7, 11) is 0. The van der Waals surface area contributed by atoms with Gasteiger partial charge in [-0.15, -0.1) is 0 Å². The van der Waals surface area contributed by atoms with Gasteiger partial charge >= 0.3 is 11.6 Å². The van der Waals surface area contributed by atoms with Gasteiger partial charge in [0.15, 0.2) is 0 Å². The third-order valence-electron chi connectivity index (χ3n) is 2.76. The second-order valence-electron chi connectivity index (χ2n) is 4.45. The monoisotopic (exact) mass is 274 g/mol. The molecule has 0 aliphatic rings. The molecule has 0 atom stereocenters. The van der Waals surface area contributed by atoms with Crippen LogP contribution in [-0.4, -0.2) is 14.9 Å². The van der Waals surface area contributed by atoms with E-state index >= 15 is 0 Å². The highest BCUT2D eigenvalue weighted by Crippen LogP contribution is 2.33. The zero-order valence-electron chi connectivity index (χ0n) is 11.4. The standard InChI is InChI=1S/C13H14N4O3/c1-7-4-5-10(8(2)6-7)20-12-11(17(18)19)9(3)15-13(14)16-12/h4-6H,1-3H3,(H2,14,15,16). The summed E-state index contributed by atoms with van der Waals surface area (Å²) in [5.41, 5.74) is 7.34. The molecular formula is C13H14N4O3. The summed E-state index contributed by atoms with van der Waals surface area (Å²) in [6, 6.07) is 5.51. The van der Waals surface area contributed by atoms with Crippen molar-refractivity contribution in [3.63, 3.8) is 0 Å². The Kier molecular flexibility index (Phi) is 3.51.